The first-order valence-electron chi connectivity index (χ1n) is 6.03. The number of hydrogen-bond acceptors (Lipinski definition) is 6. The molecule has 0 fully saturated rings. The molecule has 0 unspecified atom stereocenters. The van der Waals surface area contributed by atoms with E-state index >= 15 is 0 Å². The molecule has 2 aromatic rings. The Morgan fingerprint density at radius 2 is 2.11 bits per heavy atom. The van der Waals surface area contributed by atoms with Crippen molar-refractivity contribution in [3.63, 3.8) is 0 Å². The summed E-state index contributed by atoms with van der Waals surface area (Å²) in [5, 5.41) is 12.5. The molecule has 0 aliphatic heterocycles. The summed E-state index contributed by atoms with van der Waals surface area (Å²) in [4.78, 5) is 3.21. The third kappa shape index (κ3) is 3.68. The van der Waals surface area contributed by atoms with Crippen molar-refractivity contribution in [2.24, 2.45) is 0 Å². The zero-order valence-corrected chi connectivity index (χ0v) is 13.2. The summed E-state index contributed by atoms with van der Waals surface area (Å²) >= 11 is 3.29. The predicted octanol–water partition coefficient (Wildman–Crippen LogP) is 2.78. The highest BCUT2D eigenvalue weighted by atomic mass is 32.2. The van der Waals surface area contributed by atoms with E-state index in [1.807, 2.05) is 26.0 Å². The summed E-state index contributed by atoms with van der Waals surface area (Å²) in [5.74, 6) is 0. The molecule has 0 aliphatic carbocycles. The average Bonchev–Trinajstić information content (AvgIpc) is 2.82. The quantitative estimate of drug-likeness (QED) is 0.918. The van der Waals surface area contributed by atoms with Crippen LogP contribution in [0.25, 0.3) is 0 Å². The highest BCUT2D eigenvalue weighted by Crippen LogP contribution is 2.34. The van der Waals surface area contributed by atoms with E-state index in [2.05, 4.69) is 40.6 Å². The summed E-state index contributed by atoms with van der Waals surface area (Å²) in [5.41, 5.74) is 2.58. The molecule has 0 saturated carbocycles. The number of aryl methyl sites for hydroxylation is 1. The lowest BCUT2D eigenvalue weighted by atomic mass is 10.1. The Bertz CT molecular complexity index is 551. The minimum absolute atomic E-state index is 0.864. The molecular formula is C13H18N4S2. The van der Waals surface area contributed by atoms with Gasteiger partial charge in [0.1, 0.15) is 0 Å². The molecule has 2 rings (SSSR count). The van der Waals surface area contributed by atoms with Crippen LogP contribution in [0.3, 0.4) is 0 Å². The van der Waals surface area contributed by atoms with Crippen molar-refractivity contribution in [3.05, 3.63) is 29.3 Å². The first kappa shape index (κ1) is 14.3. The van der Waals surface area contributed by atoms with Crippen molar-refractivity contribution in [2.75, 3.05) is 26.0 Å². The second kappa shape index (κ2) is 6.36. The molecular weight excluding hydrogens is 276 g/mol. The van der Waals surface area contributed by atoms with Gasteiger partial charge in [0.05, 0.1) is 0 Å². The third-order valence-corrected chi connectivity index (χ3v) is 4.82. The molecule has 0 amide bonds. The Morgan fingerprint density at radius 1 is 1.32 bits per heavy atom. The molecule has 0 atom stereocenters. The van der Waals surface area contributed by atoms with Crippen molar-refractivity contribution >= 4 is 28.2 Å². The van der Waals surface area contributed by atoms with Gasteiger partial charge in [-0.1, -0.05) is 40.8 Å². The largest absolute Gasteiger partial charge is 0.353 e. The van der Waals surface area contributed by atoms with Gasteiger partial charge in [0.2, 0.25) is 5.13 Å². The molecule has 0 radical (unpaired) electrons. The third-order valence-electron chi connectivity index (χ3n) is 2.56. The first-order valence-corrected chi connectivity index (χ1v) is 7.66. The van der Waals surface area contributed by atoms with E-state index in [1.165, 1.54) is 16.0 Å². The molecule has 4 nitrogen and oxygen atoms in total. The minimum Gasteiger partial charge on any atom is -0.353 e. The van der Waals surface area contributed by atoms with Gasteiger partial charge < -0.3 is 10.2 Å². The Morgan fingerprint density at radius 3 is 2.74 bits per heavy atom. The molecule has 0 spiro atoms. The van der Waals surface area contributed by atoms with Crippen LogP contribution in [0, 0.1) is 6.92 Å². The first-order chi connectivity index (χ1) is 9.10. The van der Waals surface area contributed by atoms with E-state index in [-0.39, 0.29) is 0 Å². The number of hydrogen-bond donors (Lipinski definition) is 1. The molecule has 19 heavy (non-hydrogen) atoms. The van der Waals surface area contributed by atoms with Crippen LogP contribution in [0.2, 0.25) is 0 Å². The maximum Gasteiger partial charge on any atom is 0.208 e. The van der Waals surface area contributed by atoms with Gasteiger partial charge in [0, 0.05) is 25.5 Å². The Hall–Kier alpha value is -1.11. The van der Waals surface area contributed by atoms with Crippen molar-refractivity contribution < 1.29 is 0 Å². The molecule has 6 heteroatoms. The maximum absolute atomic E-state index is 4.23. The van der Waals surface area contributed by atoms with Gasteiger partial charge in [0.25, 0.3) is 0 Å². The van der Waals surface area contributed by atoms with E-state index in [9.17, 15) is 0 Å². The number of aromatic nitrogens is 2. The molecule has 0 saturated heterocycles. The lowest BCUT2D eigenvalue weighted by Crippen LogP contribution is -2.07. The Kier molecular flexibility index (Phi) is 4.79. The number of nitrogens with one attached hydrogen (secondary N) is 1. The fraction of sp³-hybridized carbons (Fsp3) is 0.385. The lowest BCUT2D eigenvalue weighted by molar-refractivity contribution is 0.802. The van der Waals surface area contributed by atoms with Crippen LogP contribution in [0.4, 0.5) is 5.13 Å². The average molecular weight is 294 g/mol. The van der Waals surface area contributed by atoms with Crippen LogP contribution in [0.1, 0.15) is 11.1 Å². The van der Waals surface area contributed by atoms with E-state index in [4.69, 9.17) is 0 Å². The molecule has 0 bridgehead atoms. The highest BCUT2D eigenvalue weighted by Gasteiger charge is 2.10. The normalized spacial score (nSPS) is 10.7. The second-order valence-electron chi connectivity index (χ2n) is 4.49. The number of anilines is 1. The molecule has 1 N–H and O–H groups in total. The zero-order chi connectivity index (χ0) is 13.8. The van der Waals surface area contributed by atoms with Crippen molar-refractivity contribution in [1.82, 2.24) is 15.5 Å². The summed E-state index contributed by atoms with van der Waals surface area (Å²) in [6.45, 7) is 2.98. The summed E-state index contributed by atoms with van der Waals surface area (Å²) < 4.78 is 0.977. The number of nitrogens with zero attached hydrogens (tertiary/aromatic N) is 3. The minimum atomic E-state index is 0.864. The van der Waals surface area contributed by atoms with Gasteiger partial charge >= 0.3 is 0 Å². The van der Waals surface area contributed by atoms with Gasteiger partial charge in [-0.15, -0.1) is 10.2 Å². The van der Waals surface area contributed by atoms with E-state index < -0.39 is 0 Å². The monoisotopic (exact) mass is 294 g/mol. The molecule has 0 aliphatic rings. The van der Waals surface area contributed by atoms with E-state index in [0.29, 0.717) is 0 Å². The summed E-state index contributed by atoms with van der Waals surface area (Å²) in [6, 6.07) is 6.51. The second-order valence-corrected chi connectivity index (χ2v) is 6.73. The summed E-state index contributed by atoms with van der Waals surface area (Å²) in [6.07, 6.45) is 0. The van der Waals surface area contributed by atoms with E-state index in [0.717, 1.165) is 16.0 Å². The Labute approximate surface area is 122 Å². The molecule has 1 aromatic carbocycles. The fourth-order valence-electron chi connectivity index (χ4n) is 1.65. The molecule has 1 aromatic heterocycles. The maximum atomic E-state index is 4.23. The highest BCUT2D eigenvalue weighted by molar-refractivity contribution is 8.01. The number of benzene rings is 1. The predicted molar refractivity (Wildman–Crippen MR) is 82.3 cm³/mol. The van der Waals surface area contributed by atoms with Gasteiger partial charge in [0.15, 0.2) is 4.34 Å². The number of rotatable bonds is 5. The van der Waals surface area contributed by atoms with Crippen LogP contribution in [0.5, 0.6) is 0 Å². The standard InChI is InChI=1S/C13H18N4S2/c1-9-5-6-11(10(7-9)8-14-2)18-13-16-15-12(19-13)17(3)4/h5-7,14H,8H2,1-4H3. The van der Waals surface area contributed by atoms with Gasteiger partial charge in [-0.3, -0.25) is 0 Å². The van der Waals surface area contributed by atoms with Crippen LogP contribution < -0.4 is 10.2 Å². The van der Waals surface area contributed by atoms with Gasteiger partial charge in [-0.2, -0.15) is 0 Å². The SMILES string of the molecule is CNCc1cc(C)ccc1Sc1nnc(N(C)C)s1. The topological polar surface area (TPSA) is 41.1 Å². The van der Waals surface area contributed by atoms with Crippen molar-refractivity contribution in [3.8, 4) is 0 Å². The van der Waals surface area contributed by atoms with E-state index in [1.54, 1.807) is 23.1 Å². The summed E-state index contributed by atoms with van der Waals surface area (Å²) in [7, 11) is 5.92. The smallest absolute Gasteiger partial charge is 0.208 e. The van der Waals surface area contributed by atoms with Crippen LogP contribution in [-0.4, -0.2) is 31.3 Å². The Balaban J connectivity index is 2.21. The van der Waals surface area contributed by atoms with Crippen molar-refractivity contribution in [2.45, 2.75) is 22.7 Å². The van der Waals surface area contributed by atoms with Crippen molar-refractivity contribution in [1.29, 1.82) is 0 Å². The van der Waals surface area contributed by atoms with Gasteiger partial charge in [-0.05, 0) is 25.6 Å². The van der Waals surface area contributed by atoms with Crippen LogP contribution >= 0.6 is 23.1 Å². The van der Waals surface area contributed by atoms with Crippen LogP contribution in [-0.2, 0) is 6.54 Å². The zero-order valence-electron chi connectivity index (χ0n) is 11.6. The van der Waals surface area contributed by atoms with Gasteiger partial charge in [-0.25, -0.2) is 0 Å². The molecule has 102 valence electrons. The fourth-order valence-corrected chi connectivity index (χ4v) is 3.48. The molecule has 1 heterocycles. The van der Waals surface area contributed by atoms with Crippen LogP contribution in [0.15, 0.2) is 27.4 Å². The lowest BCUT2D eigenvalue weighted by Gasteiger charge is -2.08.